The quantitative estimate of drug-likeness (QED) is 0.733. The standard InChI is InChI=1S/C11H17N3O2S3/c1-3-18-7-8(2)14-19(15,16)9-4-5-10(11(12)17)13-6-9/h4-6,8,14H,3,7H2,1-2H3,(H2,12,17). The lowest BCUT2D eigenvalue weighted by atomic mass is 10.3. The number of nitrogens with one attached hydrogen (secondary N) is 1. The van der Waals surface area contributed by atoms with Crippen LogP contribution in [-0.4, -0.2) is 35.9 Å². The monoisotopic (exact) mass is 319 g/mol. The molecule has 1 aromatic heterocycles. The van der Waals surface area contributed by atoms with Crippen molar-refractivity contribution in [1.82, 2.24) is 9.71 Å². The Bertz CT molecular complexity index is 529. The van der Waals surface area contributed by atoms with Crippen molar-refractivity contribution in [2.75, 3.05) is 11.5 Å². The molecule has 0 aliphatic rings. The molecule has 106 valence electrons. The molecule has 0 bridgehead atoms. The van der Waals surface area contributed by atoms with Crippen LogP contribution in [0.5, 0.6) is 0 Å². The third kappa shape index (κ3) is 5.06. The number of nitrogens with zero attached hydrogens (tertiary/aromatic N) is 1. The van der Waals surface area contributed by atoms with Crippen molar-refractivity contribution in [3.63, 3.8) is 0 Å². The van der Waals surface area contributed by atoms with Crippen LogP contribution in [0.15, 0.2) is 23.2 Å². The third-order valence-electron chi connectivity index (χ3n) is 2.23. The molecule has 1 unspecified atom stereocenters. The molecule has 1 atom stereocenters. The lowest BCUT2D eigenvalue weighted by Crippen LogP contribution is -2.34. The summed E-state index contributed by atoms with van der Waals surface area (Å²) < 4.78 is 26.7. The van der Waals surface area contributed by atoms with E-state index in [0.29, 0.717) is 5.69 Å². The number of thioether (sulfide) groups is 1. The second kappa shape index (κ2) is 7.18. The number of hydrogen-bond donors (Lipinski definition) is 2. The summed E-state index contributed by atoms with van der Waals surface area (Å²) in [5, 5.41) is 0. The molecule has 0 spiro atoms. The fourth-order valence-electron chi connectivity index (χ4n) is 1.35. The van der Waals surface area contributed by atoms with Crippen molar-refractivity contribution < 1.29 is 8.42 Å². The highest BCUT2D eigenvalue weighted by molar-refractivity contribution is 7.99. The number of rotatable bonds is 7. The molecule has 0 amide bonds. The fourth-order valence-corrected chi connectivity index (χ4v) is 3.43. The Labute approximate surface area is 123 Å². The minimum Gasteiger partial charge on any atom is -0.388 e. The summed E-state index contributed by atoms with van der Waals surface area (Å²) in [7, 11) is -3.54. The molecular weight excluding hydrogens is 302 g/mol. The Morgan fingerprint density at radius 1 is 1.58 bits per heavy atom. The molecule has 0 fully saturated rings. The van der Waals surface area contributed by atoms with Gasteiger partial charge >= 0.3 is 0 Å². The van der Waals surface area contributed by atoms with Crippen LogP contribution in [-0.2, 0) is 10.0 Å². The number of thiocarbonyl (C=S) groups is 1. The number of pyridine rings is 1. The van der Waals surface area contributed by atoms with E-state index in [1.807, 2.05) is 13.8 Å². The molecule has 5 nitrogen and oxygen atoms in total. The van der Waals surface area contributed by atoms with Crippen LogP contribution in [0.3, 0.4) is 0 Å². The van der Waals surface area contributed by atoms with Gasteiger partial charge in [-0.1, -0.05) is 19.1 Å². The summed E-state index contributed by atoms with van der Waals surface area (Å²) in [6, 6.07) is 2.82. The molecule has 0 aromatic carbocycles. The van der Waals surface area contributed by atoms with Crippen LogP contribution >= 0.6 is 24.0 Å². The van der Waals surface area contributed by atoms with Crippen molar-refractivity contribution >= 4 is 39.0 Å². The van der Waals surface area contributed by atoms with Gasteiger partial charge in [-0.15, -0.1) is 0 Å². The molecule has 0 radical (unpaired) electrons. The maximum atomic E-state index is 12.1. The lowest BCUT2D eigenvalue weighted by molar-refractivity contribution is 0.570. The number of nitrogens with two attached hydrogens (primary N) is 1. The van der Waals surface area contributed by atoms with Crippen LogP contribution in [0.1, 0.15) is 19.5 Å². The van der Waals surface area contributed by atoms with Gasteiger partial charge in [-0.2, -0.15) is 11.8 Å². The summed E-state index contributed by atoms with van der Waals surface area (Å²) in [5.74, 6) is 1.68. The SMILES string of the molecule is CCSCC(C)NS(=O)(=O)c1ccc(C(N)=S)nc1. The van der Waals surface area contributed by atoms with Crippen LogP contribution in [0.4, 0.5) is 0 Å². The van der Waals surface area contributed by atoms with Crippen LogP contribution in [0, 0.1) is 0 Å². The zero-order valence-corrected chi connectivity index (χ0v) is 13.2. The van der Waals surface area contributed by atoms with Gasteiger partial charge in [-0.25, -0.2) is 13.1 Å². The van der Waals surface area contributed by atoms with Crippen LogP contribution in [0.25, 0.3) is 0 Å². The molecule has 1 heterocycles. The fraction of sp³-hybridized carbons (Fsp3) is 0.455. The second-order valence-corrected chi connectivity index (χ2v) is 7.40. The average molecular weight is 319 g/mol. The van der Waals surface area contributed by atoms with Crippen molar-refractivity contribution in [2.45, 2.75) is 24.8 Å². The zero-order chi connectivity index (χ0) is 14.5. The number of sulfonamides is 1. The van der Waals surface area contributed by atoms with E-state index in [1.165, 1.54) is 18.3 Å². The Hall–Kier alpha value is -0.700. The smallest absolute Gasteiger partial charge is 0.242 e. The van der Waals surface area contributed by atoms with Gasteiger partial charge in [0.25, 0.3) is 0 Å². The van der Waals surface area contributed by atoms with Gasteiger partial charge < -0.3 is 5.73 Å². The molecule has 0 saturated heterocycles. The maximum Gasteiger partial charge on any atom is 0.242 e. The molecule has 1 rings (SSSR count). The maximum absolute atomic E-state index is 12.1. The highest BCUT2D eigenvalue weighted by atomic mass is 32.2. The molecule has 0 saturated carbocycles. The van der Waals surface area contributed by atoms with E-state index < -0.39 is 10.0 Å². The first-order valence-corrected chi connectivity index (χ1v) is 8.77. The molecule has 1 aromatic rings. The summed E-state index contributed by atoms with van der Waals surface area (Å²) in [6.07, 6.45) is 1.26. The minimum atomic E-state index is -3.54. The summed E-state index contributed by atoms with van der Waals surface area (Å²) in [4.78, 5) is 4.18. The predicted molar refractivity (Wildman–Crippen MR) is 82.9 cm³/mol. The van der Waals surface area contributed by atoms with E-state index in [0.717, 1.165) is 11.5 Å². The van der Waals surface area contributed by atoms with Crippen molar-refractivity contribution in [2.24, 2.45) is 5.73 Å². The highest BCUT2D eigenvalue weighted by Gasteiger charge is 2.17. The number of aromatic nitrogens is 1. The van der Waals surface area contributed by atoms with Crippen LogP contribution in [0.2, 0.25) is 0 Å². The highest BCUT2D eigenvalue weighted by Crippen LogP contribution is 2.10. The third-order valence-corrected chi connectivity index (χ3v) is 5.16. The number of hydrogen-bond acceptors (Lipinski definition) is 5. The lowest BCUT2D eigenvalue weighted by Gasteiger charge is -2.13. The van der Waals surface area contributed by atoms with E-state index in [4.69, 9.17) is 18.0 Å². The Balaban J connectivity index is 2.79. The summed E-state index contributed by atoms with van der Waals surface area (Å²) in [5.41, 5.74) is 5.82. The minimum absolute atomic E-state index is 0.112. The van der Waals surface area contributed by atoms with Crippen molar-refractivity contribution in [1.29, 1.82) is 0 Å². The predicted octanol–water partition coefficient (Wildman–Crippen LogP) is 1.14. The van der Waals surface area contributed by atoms with Gasteiger partial charge in [-0.3, -0.25) is 4.98 Å². The van der Waals surface area contributed by atoms with E-state index in [2.05, 4.69) is 9.71 Å². The normalized spacial score (nSPS) is 13.2. The first-order chi connectivity index (χ1) is 8.86. The molecule has 8 heteroatoms. The molecule has 19 heavy (non-hydrogen) atoms. The molecule has 0 aliphatic carbocycles. The summed E-state index contributed by atoms with van der Waals surface area (Å²) in [6.45, 7) is 3.86. The van der Waals surface area contributed by atoms with Crippen molar-refractivity contribution in [3.05, 3.63) is 24.0 Å². The van der Waals surface area contributed by atoms with Crippen molar-refractivity contribution in [3.8, 4) is 0 Å². The van der Waals surface area contributed by atoms with E-state index in [1.54, 1.807) is 11.8 Å². The average Bonchev–Trinajstić information content (AvgIpc) is 2.36. The zero-order valence-electron chi connectivity index (χ0n) is 10.8. The Kier molecular flexibility index (Phi) is 6.18. The Morgan fingerprint density at radius 2 is 2.26 bits per heavy atom. The van der Waals surface area contributed by atoms with Gasteiger partial charge in [0.1, 0.15) is 9.88 Å². The largest absolute Gasteiger partial charge is 0.388 e. The molecule has 0 aliphatic heterocycles. The van der Waals surface area contributed by atoms with Gasteiger partial charge in [0.2, 0.25) is 10.0 Å². The van der Waals surface area contributed by atoms with E-state index >= 15 is 0 Å². The van der Waals surface area contributed by atoms with Gasteiger partial charge in [0.05, 0.1) is 5.69 Å². The Morgan fingerprint density at radius 3 is 2.74 bits per heavy atom. The van der Waals surface area contributed by atoms with E-state index in [9.17, 15) is 8.42 Å². The van der Waals surface area contributed by atoms with E-state index in [-0.39, 0.29) is 15.9 Å². The first-order valence-electron chi connectivity index (χ1n) is 5.72. The second-order valence-electron chi connectivity index (χ2n) is 3.93. The molecule has 3 N–H and O–H groups in total. The van der Waals surface area contributed by atoms with Crippen LogP contribution < -0.4 is 10.5 Å². The van der Waals surface area contributed by atoms with Gasteiger partial charge in [0, 0.05) is 18.0 Å². The first kappa shape index (κ1) is 16.4. The van der Waals surface area contributed by atoms with Gasteiger partial charge in [0.15, 0.2) is 0 Å². The topological polar surface area (TPSA) is 85.1 Å². The summed E-state index contributed by atoms with van der Waals surface area (Å²) >= 11 is 6.45. The van der Waals surface area contributed by atoms with Gasteiger partial charge in [-0.05, 0) is 24.8 Å². The molecular formula is C11H17N3O2S3.